The van der Waals surface area contributed by atoms with Gasteiger partial charge < -0.3 is 15.0 Å². The lowest BCUT2D eigenvalue weighted by Crippen LogP contribution is -2.45. The second-order valence-corrected chi connectivity index (χ2v) is 5.27. The topological polar surface area (TPSA) is 67.3 Å². The third-order valence-electron chi connectivity index (χ3n) is 3.47. The van der Waals surface area contributed by atoms with E-state index in [2.05, 4.69) is 9.97 Å². The zero-order valence-corrected chi connectivity index (χ0v) is 12.8. The van der Waals surface area contributed by atoms with Gasteiger partial charge in [-0.3, -0.25) is 9.78 Å². The van der Waals surface area contributed by atoms with Crippen molar-refractivity contribution in [3.63, 3.8) is 0 Å². The molecule has 0 saturated carbocycles. The van der Waals surface area contributed by atoms with Crippen LogP contribution < -0.4 is 15.0 Å². The predicted molar refractivity (Wildman–Crippen MR) is 77.2 cm³/mol. The van der Waals surface area contributed by atoms with E-state index in [-0.39, 0.29) is 0 Å². The molecule has 0 aromatic carbocycles. The van der Waals surface area contributed by atoms with Crippen molar-refractivity contribution >= 4 is 11.7 Å². The average Bonchev–Trinajstić information content (AvgIpc) is 2.53. The van der Waals surface area contributed by atoms with Gasteiger partial charge in [-0.05, 0) is 19.8 Å². The van der Waals surface area contributed by atoms with Crippen LogP contribution in [0, 0.1) is 5.92 Å². The molecule has 1 N–H and O–H groups in total. The van der Waals surface area contributed by atoms with Gasteiger partial charge in [0.15, 0.2) is 5.82 Å². The molecule has 1 atom stereocenters. The Hall–Kier alpha value is -2.06. The zero-order chi connectivity index (χ0) is 16.9. The van der Waals surface area contributed by atoms with E-state index in [4.69, 9.17) is 4.74 Å². The largest absolute Gasteiger partial charge is 0.477 e. The quantitative estimate of drug-likeness (QED) is 0.890. The van der Waals surface area contributed by atoms with Crippen LogP contribution in [0.1, 0.15) is 19.8 Å². The van der Waals surface area contributed by atoms with Crippen LogP contribution in [0.2, 0.25) is 0 Å². The van der Waals surface area contributed by atoms with Crippen LogP contribution >= 0.6 is 0 Å². The third-order valence-corrected chi connectivity index (χ3v) is 3.47. The maximum absolute atomic E-state index is 12.2. The molecule has 1 aliphatic rings. The van der Waals surface area contributed by atoms with Crippen molar-refractivity contribution in [1.82, 2.24) is 15.3 Å². The van der Waals surface area contributed by atoms with E-state index >= 15 is 0 Å². The molecule has 1 aliphatic heterocycles. The summed E-state index contributed by atoms with van der Waals surface area (Å²) in [7, 11) is 0. The maximum atomic E-state index is 12.2. The first kappa shape index (κ1) is 17.3. The highest BCUT2D eigenvalue weighted by atomic mass is 19.4. The summed E-state index contributed by atoms with van der Waals surface area (Å²) in [5.41, 5.74) is 0. The van der Waals surface area contributed by atoms with Gasteiger partial charge in [-0.25, -0.2) is 0 Å². The van der Waals surface area contributed by atoms with Gasteiger partial charge in [-0.1, -0.05) is 0 Å². The Morgan fingerprint density at radius 2 is 2.26 bits per heavy atom. The molecular weight excluding hydrogens is 313 g/mol. The summed E-state index contributed by atoms with van der Waals surface area (Å²) in [4.78, 5) is 22.1. The van der Waals surface area contributed by atoms with E-state index in [9.17, 15) is 18.0 Å². The molecule has 1 saturated heterocycles. The minimum Gasteiger partial charge on any atom is -0.477 e. The molecule has 0 unspecified atom stereocenters. The van der Waals surface area contributed by atoms with Crippen molar-refractivity contribution in [1.29, 1.82) is 0 Å². The molecule has 0 bridgehead atoms. The summed E-state index contributed by atoms with van der Waals surface area (Å²) in [6, 6.07) is 0. The Balaban J connectivity index is 1.97. The van der Waals surface area contributed by atoms with E-state index in [1.54, 1.807) is 6.20 Å². The molecule has 0 spiro atoms. The zero-order valence-electron chi connectivity index (χ0n) is 12.8. The molecule has 0 aliphatic carbocycles. The number of aromatic nitrogens is 2. The van der Waals surface area contributed by atoms with Gasteiger partial charge in [0.2, 0.25) is 11.8 Å². The first-order valence-corrected chi connectivity index (χ1v) is 7.43. The molecule has 2 rings (SSSR count). The summed E-state index contributed by atoms with van der Waals surface area (Å²) in [6.07, 6.45) is -0.103. The van der Waals surface area contributed by atoms with Crippen molar-refractivity contribution in [2.45, 2.75) is 25.9 Å². The van der Waals surface area contributed by atoms with Gasteiger partial charge in [-0.2, -0.15) is 18.2 Å². The SMILES string of the molecule is CCOc1cncc(N2CCC[C@@H](C(=O)NCC(F)(F)F)C2)n1. The number of rotatable bonds is 5. The van der Waals surface area contributed by atoms with Gasteiger partial charge in [-0.15, -0.1) is 0 Å². The molecular formula is C14H19F3N4O2. The number of carbonyl (C=O) groups excluding carboxylic acids is 1. The molecule has 23 heavy (non-hydrogen) atoms. The fourth-order valence-electron chi connectivity index (χ4n) is 2.44. The number of hydrogen-bond donors (Lipinski definition) is 1. The summed E-state index contributed by atoms with van der Waals surface area (Å²) in [6.45, 7) is 1.97. The number of piperidine rings is 1. The van der Waals surface area contributed by atoms with Crippen LogP contribution in [0.5, 0.6) is 5.88 Å². The summed E-state index contributed by atoms with van der Waals surface area (Å²) in [5, 5.41) is 1.94. The van der Waals surface area contributed by atoms with Crippen LogP contribution in [0.15, 0.2) is 12.4 Å². The van der Waals surface area contributed by atoms with Gasteiger partial charge >= 0.3 is 6.18 Å². The molecule has 2 heterocycles. The monoisotopic (exact) mass is 332 g/mol. The van der Waals surface area contributed by atoms with Crippen LogP contribution in [0.25, 0.3) is 0 Å². The van der Waals surface area contributed by atoms with Crippen molar-refractivity contribution in [3.05, 3.63) is 12.4 Å². The van der Waals surface area contributed by atoms with E-state index < -0.39 is 24.5 Å². The molecule has 1 aromatic heterocycles. The predicted octanol–water partition coefficient (Wildman–Crippen LogP) is 1.77. The second-order valence-electron chi connectivity index (χ2n) is 5.27. The first-order chi connectivity index (χ1) is 10.9. The highest BCUT2D eigenvalue weighted by Gasteiger charge is 2.31. The molecule has 1 aromatic rings. The Labute approximate surface area is 132 Å². The molecule has 1 amide bonds. The van der Waals surface area contributed by atoms with Gasteiger partial charge in [0, 0.05) is 13.1 Å². The highest BCUT2D eigenvalue weighted by molar-refractivity contribution is 5.79. The molecule has 9 heteroatoms. The van der Waals surface area contributed by atoms with Gasteiger partial charge in [0.05, 0.1) is 24.9 Å². The lowest BCUT2D eigenvalue weighted by molar-refractivity contribution is -0.140. The molecule has 6 nitrogen and oxygen atoms in total. The molecule has 1 fully saturated rings. The van der Waals surface area contributed by atoms with Crippen LogP contribution in [-0.2, 0) is 4.79 Å². The lowest BCUT2D eigenvalue weighted by atomic mass is 9.97. The average molecular weight is 332 g/mol. The lowest BCUT2D eigenvalue weighted by Gasteiger charge is -2.32. The number of nitrogens with one attached hydrogen (secondary N) is 1. The summed E-state index contributed by atoms with van der Waals surface area (Å²) < 4.78 is 41.8. The highest BCUT2D eigenvalue weighted by Crippen LogP contribution is 2.23. The van der Waals surface area contributed by atoms with Crippen molar-refractivity contribution in [2.24, 2.45) is 5.92 Å². The maximum Gasteiger partial charge on any atom is 0.405 e. The third kappa shape index (κ3) is 5.26. The summed E-state index contributed by atoms with van der Waals surface area (Å²) >= 11 is 0. The number of amides is 1. The van der Waals surface area contributed by atoms with Gasteiger partial charge in [0.1, 0.15) is 6.54 Å². The smallest absolute Gasteiger partial charge is 0.405 e. The van der Waals surface area contributed by atoms with E-state index in [0.717, 1.165) is 0 Å². The van der Waals surface area contributed by atoms with E-state index in [0.29, 0.717) is 44.2 Å². The minimum absolute atomic E-state index is 0.313. The van der Waals surface area contributed by atoms with Crippen molar-refractivity contribution < 1.29 is 22.7 Å². The Morgan fingerprint density at radius 3 is 2.96 bits per heavy atom. The number of halogens is 3. The van der Waals surface area contributed by atoms with E-state index in [1.807, 2.05) is 17.1 Å². The fourth-order valence-corrected chi connectivity index (χ4v) is 2.44. The Morgan fingerprint density at radius 1 is 1.48 bits per heavy atom. The normalized spacial score (nSPS) is 18.6. The van der Waals surface area contributed by atoms with Crippen LogP contribution in [0.3, 0.4) is 0 Å². The number of carbonyl (C=O) groups is 1. The van der Waals surface area contributed by atoms with Crippen molar-refractivity contribution in [3.8, 4) is 5.88 Å². The van der Waals surface area contributed by atoms with Gasteiger partial charge in [0.25, 0.3) is 0 Å². The number of alkyl halides is 3. The first-order valence-electron chi connectivity index (χ1n) is 7.43. The van der Waals surface area contributed by atoms with Crippen molar-refractivity contribution in [2.75, 3.05) is 31.1 Å². The van der Waals surface area contributed by atoms with E-state index in [1.165, 1.54) is 6.20 Å². The Bertz CT molecular complexity index is 539. The number of nitrogens with zero attached hydrogens (tertiary/aromatic N) is 3. The summed E-state index contributed by atoms with van der Waals surface area (Å²) in [5.74, 6) is -0.137. The van der Waals surface area contributed by atoms with Crippen LogP contribution in [0.4, 0.5) is 19.0 Å². The fraction of sp³-hybridized carbons (Fsp3) is 0.643. The Kier molecular flexibility index (Phi) is 5.62. The number of anilines is 1. The minimum atomic E-state index is -4.40. The standard InChI is InChI=1S/C14H19F3N4O2/c1-2-23-12-7-18-6-11(20-12)21-5-3-4-10(8-21)13(22)19-9-14(15,16)17/h6-7,10H,2-5,8-9H2,1H3,(H,19,22)/t10-/m1/s1. The molecule has 128 valence electrons. The molecule has 0 radical (unpaired) electrons. The number of ether oxygens (including phenoxy) is 1. The second kappa shape index (κ2) is 7.47. The van der Waals surface area contributed by atoms with Crippen LogP contribution in [-0.4, -0.2) is 48.3 Å². The number of hydrogen-bond acceptors (Lipinski definition) is 5.